The maximum Gasteiger partial charge on any atom is 0.326 e. The minimum atomic E-state index is -4.09. The largest absolute Gasteiger partial charge is 0.465 e. The van der Waals surface area contributed by atoms with E-state index in [0.29, 0.717) is 5.02 Å². The minimum Gasteiger partial charge on any atom is -0.465 e. The molecule has 0 bridgehead atoms. The van der Waals surface area contributed by atoms with Crippen molar-refractivity contribution in [1.82, 2.24) is 0 Å². The third-order valence-corrected chi connectivity index (χ3v) is 6.01. The summed E-state index contributed by atoms with van der Waals surface area (Å²) in [4.78, 5) is 11.9. The zero-order valence-electron chi connectivity index (χ0n) is 13.1. The van der Waals surface area contributed by atoms with Crippen LogP contribution in [0.5, 0.6) is 0 Å². The zero-order chi connectivity index (χ0) is 18.6. The number of hydrogen-bond acceptors (Lipinski definition) is 4. The van der Waals surface area contributed by atoms with E-state index in [-0.39, 0.29) is 27.2 Å². The van der Waals surface area contributed by atoms with Crippen molar-refractivity contribution >= 4 is 56.5 Å². The summed E-state index contributed by atoms with van der Waals surface area (Å²) in [5, 5.41) is 0.571. The summed E-state index contributed by atoms with van der Waals surface area (Å²) in [6.45, 7) is 1.21. The van der Waals surface area contributed by atoms with Gasteiger partial charge in [-0.05, 0) is 43.3 Å². The van der Waals surface area contributed by atoms with Gasteiger partial charge in [-0.2, -0.15) is 0 Å². The van der Waals surface area contributed by atoms with Crippen molar-refractivity contribution in [2.24, 2.45) is 0 Å². The summed E-state index contributed by atoms with van der Waals surface area (Å²) in [5.74, 6) is -0.712. The Bertz CT molecular complexity index is 869. The molecule has 0 aromatic heterocycles. The molecule has 9 heteroatoms. The molecule has 0 saturated heterocycles. The van der Waals surface area contributed by atoms with Crippen LogP contribution >= 0.6 is 34.8 Å². The van der Waals surface area contributed by atoms with Crippen LogP contribution < -0.4 is 4.31 Å². The molecule has 0 atom stereocenters. The van der Waals surface area contributed by atoms with Crippen molar-refractivity contribution in [3.8, 4) is 0 Å². The second kappa shape index (κ2) is 8.27. The standard InChI is InChI=1S/C16H14Cl3NO4S/c1-2-24-15(21)10-20(14-5-3-4-13(18)16(14)19)25(22,23)12-8-6-11(17)7-9-12/h3-9H,2,10H2,1H3. The van der Waals surface area contributed by atoms with Gasteiger partial charge in [0.1, 0.15) is 6.54 Å². The first-order valence-corrected chi connectivity index (χ1v) is 9.72. The summed E-state index contributed by atoms with van der Waals surface area (Å²) in [5.41, 5.74) is 0.0807. The Morgan fingerprint density at radius 1 is 1.08 bits per heavy atom. The van der Waals surface area contributed by atoms with Crippen LogP contribution in [0, 0.1) is 0 Å². The summed E-state index contributed by atoms with van der Waals surface area (Å²) in [6, 6.07) is 10.1. The lowest BCUT2D eigenvalue weighted by molar-refractivity contribution is -0.141. The Balaban J connectivity index is 2.56. The highest BCUT2D eigenvalue weighted by Crippen LogP contribution is 2.35. The second-order valence-electron chi connectivity index (χ2n) is 4.84. The first-order chi connectivity index (χ1) is 11.8. The van der Waals surface area contributed by atoms with Gasteiger partial charge in [0, 0.05) is 5.02 Å². The number of ether oxygens (including phenoxy) is 1. The van der Waals surface area contributed by atoms with Gasteiger partial charge in [0.25, 0.3) is 10.0 Å². The van der Waals surface area contributed by atoms with E-state index in [4.69, 9.17) is 39.5 Å². The summed E-state index contributed by atoms with van der Waals surface area (Å²) < 4.78 is 31.8. The lowest BCUT2D eigenvalue weighted by Crippen LogP contribution is -2.36. The first-order valence-electron chi connectivity index (χ1n) is 7.15. The molecule has 134 valence electrons. The Kier molecular flexibility index (Phi) is 6.57. The fourth-order valence-electron chi connectivity index (χ4n) is 2.04. The van der Waals surface area contributed by atoms with E-state index in [1.807, 2.05) is 0 Å². The van der Waals surface area contributed by atoms with Crippen LogP contribution in [0.2, 0.25) is 15.1 Å². The number of nitrogens with zero attached hydrogens (tertiary/aromatic N) is 1. The number of hydrogen-bond donors (Lipinski definition) is 0. The van der Waals surface area contributed by atoms with Gasteiger partial charge in [-0.25, -0.2) is 8.42 Å². The highest BCUT2D eigenvalue weighted by Gasteiger charge is 2.29. The third kappa shape index (κ3) is 4.58. The topological polar surface area (TPSA) is 63.7 Å². The molecule has 0 fully saturated rings. The Hall–Kier alpha value is -1.47. The maximum absolute atomic E-state index is 13.0. The second-order valence-corrected chi connectivity index (χ2v) is 7.93. The maximum atomic E-state index is 13.0. The van der Waals surface area contributed by atoms with Gasteiger partial charge in [0.2, 0.25) is 0 Å². The number of carbonyl (C=O) groups is 1. The molecule has 0 amide bonds. The van der Waals surface area contributed by atoms with Gasteiger partial charge in [0.15, 0.2) is 0 Å². The molecule has 0 N–H and O–H groups in total. The van der Waals surface area contributed by atoms with E-state index < -0.39 is 22.5 Å². The van der Waals surface area contributed by atoms with Crippen LogP contribution in [0.3, 0.4) is 0 Å². The minimum absolute atomic E-state index is 0.0194. The molecule has 0 aliphatic carbocycles. The van der Waals surface area contributed by atoms with Crippen molar-refractivity contribution in [2.75, 3.05) is 17.5 Å². The fourth-order valence-corrected chi connectivity index (χ4v) is 4.04. The molecule has 0 radical (unpaired) electrons. The molecule has 0 aliphatic rings. The third-order valence-electron chi connectivity index (χ3n) is 3.18. The van der Waals surface area contributed by atoms with E-state index in [2.05, 4.69) is 0 Å². The van der Waals surface area contributed by atoms with Crippen LogP contribution in [-0.2, 0) is 19.6 Å². The van der Waals surface area contributed by atoms with Crippen LogP contribution in [-0.4, -0.2) is 27.5 Å². The molecule has 5 nitrogen and oxygen atoms in total. The van der Waals surface area contributed by atoms with Crippen LogP contribution in [0.25, 0.3) is 0 Å². The molecule has 0 aliphatic heterocycles. The Morgan fingerprint density at radius 3 is 2.32 bits per heavy atom. The van der Waals surface area contributed by atoms with Gasteiger partial charge in [-0.1, -0.05) is 40.9 Å². The number of halogens is 3. The van der Waals surface area contributed by atoms with Crippen LogP contribution in [0.1, 0.15) is 6.92 Å². The van der Waals surface area contributed by atoms with E-state index in [0.717, 1.165) is 4.31 Å². The predicted molar refractivity (Wildman–Crippen MR) is 99.1 cm³/mol. The lowest BCUT2D eigenvalue weighted by atomic mass is 10.3. The molecule has 2 aromatic rings. The fraction of sp³-hybridized carbons (Fsp3) is 0.188. The van der Waals surface area contributed by atoms with Crippen molar-refractivity contribution in [2.45, 2.75) is 11.8 Å². The molecule has 25 heavy (non-hydrogen) atoms. The number of esters is 1. The summed E-state index contributed by atoms with van der Waals surface area (Å²) in [6.07, 6.45) is 0. The van der Waals surface area contributed by atoms with Gasteiger partial charge < -0.3 is 4.74 Å². The van der Waals surface area contributed by atoms with E-state index in [1.165, 1.54) is 36.4 Å². The molecular formula is C16H14Cl3NO4S. The van der Waals surface area contributed by atoms with Gasteiger partial charge in [-0.15, -0.1) is 0 Å². The van der Waals surface area contributed by atoms with Crippen LogP contribution in [0.15, 0.2) is 47.4 Å². The Morgan fingerprint density at radius 2 is 1.72 bits per heavy atom. The normalized spacial score (nSPS) is 11.2. The highest BCUT2D eigenvalue weighted by molar-refractivity contribution is 7.92. The monoisotopic (exact) mass is 421 g/mol. The van der Waals surface area contributed by atoms with Gasteiger partial charge in [0.05, 0.1) is 27.2 Å². The molecular weight excluding hydrogens is 409 g/mol. The smallest absolute Gasteiger partial charge is 0.326 e. The molecule has 0 heterocycles. The highest BCUT2D eigenvalue weighted by atomic mass is 35.5. The van der Waals surface area contributed by atoms with E-state index in [9.17, 15) is 13.2 Å². The van der Waals surface area contributed by atoms with Crippen LogP contribution in [0.4, 0.5) is 5.69 Å². The molecule has 0 unspecified atom stereocenters. The number of carbonyl (C=O) groups excluding carboxylic acids is 1. The average Bonchev–Trinajstić information content (AvgIpc) is 2.56. The summed E-state index contributed by atoms with van der Waals surface area (Å²) in [7, 11) is -4.09. The molecule has 0 saturated carbocycles. The van der Waals surface area contributed by atoms with Gasteiger partial charge >= 0.3 is 5.97 Å². The Labute approximate surface area is 161 Å². The molecule has 2 aromatic carbocycles. The molecule has 2 rings (SSSR count). The number of rotatable bonds is 6. The SMILES string of the molecule is CCOC(=O)CN(c1cccc(Cl)c1Cl)S(=O)(=O)c1ccc(Cl)cc1. The number of anilines is 1. The zero-order valence-corrected chi connectivity index (χ0v) is 16.2. The van der Waals surface area contributed by atoms with Crippen molar-refractivity contribution in [3.05, 3.63) is 57.5 Å². The number of benzene rings is 2. The van der Waals surface area contributed by atoms with Gasteiger partial charge in [-0.3, -0.25) is 9.10 Å². The quantitative estimate of drug-likeness (QED) is 0.647. The molecule has 0 spiro atoms. The van der Waals surface area contributed by atoms with E-state index in [1.54, 1.807) is 13.0 Å². The average molecular weight is 423 g/mol. The number of sulfonamides is 1. The predicted octanol–water partition coefficient (Wildman–Crippen LogP) is 4.41. The first kappa shape index (κ1) is 19.8. The van der Waals surface area contributed by atoms with Crippen molar-refractivity contribution in [1.29, 1.82) is 0 Å². The summed E-state index contributed by atoms with van der Waals surface area (Å²) >= 11 is 18.0. The van der Waals surface area contributed by atoms with Crippen molar-refractivity contribution < 1.29 is 17.9 Å². The lowest BCUT2D eigenvalue weighted by Gasteiger charge is -2.24. The van der Waals surface area contributed by atoms with Crippen molar-refractivity contribution in [3.63, 3.8) is 0 Å². The van der Waals surface area contributed by atoms with E-state index >= 15 is 0 Å².